The molecule has 38 heavy (non-hydrogen) atoms. The van der Waals surface area contributed by atoms with Crippen LogP contribution < -0.4 is 0 Å². The molecule has 0 unspecified atom stereocenters. The number of benzene rings is 2. The minimum absolute atomic E-state index is 0.288. The molecule has 1 atom stereocenters. The van der Waals surface area contributed by atoms with Crippen molar-refractivity contribution in [1.29, 1.82) is 5.26 Å². The summed E-state index contributed by atoms with van der Waals surface area (Å²) < 4.78 is 18.0. The summed E-state index contributed by atoms with van der Waals surface area (Å²) in [5.74, 6) is 1.58. The number of H-pyrrole nitrogens is 1. The highest BCUT2D eigenvalue weighted by molar-refractivity contribution is 6.35. The third-order valence-electron chi connectivity index (χ3n) is 8.51. The predicted molar refractivity (Wildman–Crippen MR) is 147 cm³/mol. The van der Waals surface area contributed by atoms with Gasteiger partial charge >= 0.3 is 0 Å². The Kier molecular flexibility index (Phi) is 6.49. The van der Waals surface area contributed by atoms with E-state index in [0.717, 1.165) is 60.5 Å². The number of fused-ring (bicyclic) bond motifs is 1. The average molecular weight is 531 g/mol. The number of piperidine rings is 1. The molecule has 1 aliphatic heterocycles. The number of aromatic nitrogens is 4. The monoisotopic (exact) mass is 530 g/mol. The normalized spacial score (nSPS) is 23.9. The van der Waals surface area contributed by atoms with Crippen LogP contribution in [0.3, 0.4) is 0 Å². The van der Waals surface area contributed by atoms with E-state index in [4.69, 9.17) is 11.6 Å². The number of aromatic amines is 1. The maximum Gasteiger partial charge on any atom is 0.155 e. The van der Waals surface area contributed by atoms with Gasteiger partial charge in [0.2, 0.25) is 0 Å². The summed E-state index contributed by atoms with van der Waals surface area (Å²) in [4.78, 5) is 5.77. The standard InChI is InChI=1S/C30H32ClFN6/c1-19-5-4-10-38(16-19)17-23-12-25-26(31)13-24(27(32)28(25)35-23)21-6-3-7-22(11-21)30(14-20(15-30)8-9-33)29-36-34-18-37(29)2/h3,6-7,11-13,18-20,35H,4-5,8,10,14-17H2,1-2H3/t19-,20?,30?/m0/s1. The lowest BCUT2D eigenvalue weighted by atomic mass is 9.57. The zero-order valence-corrected chi connectivity index (χ0v) is 22.6. The molecule has 3 heterocycles. The molecule has 2 fully saturated rings. The van der Waals surface area contributed by atoms with Gasteiger partial charge in [-0.2, -0.15) is 5.26 Å². The number of nitrogens with zero attached hydrogens (tertiary/aromatic N) is 5. The van der Waals surface area contributed by atoms with E-state index >= 15 is 4.39 Å². The third kappa shape index (κ3) is 4.30. The molecule has 1 saturated carbocycles. The van der Waals surface area contributed by atoms with Gasteiger partial charge in [-0.25, -0.2) is 4.39 Å². The van der Waals surface area contributed by atoms with E-state index in [1.807, 2.05) is 29.8 Å². The summed E-state index contributed by atoms with van der Waals surface area (Å²) in [5, 5.41) is 19.0. The van der Waals surface area contributed by atoms with Gasteiger partial charge in [0.25, 0.3) is 0 Å². The van der Waals surface area contributed by atoms with E-state index in [9.17, 15) is 5.26 Å². The Bertz CT molecular complexity index is 1530. The van der Waals surface area contributed by atoms with Crippen molar-refractivity contribution in [3.63, 3.8) is 0 Å². The highest BCUT2D eigenvalue weighted by Gasteiger charge is 2.49. The molecule has 2 aromatic carbocycles. The molecule has 2 aliphatic rings. The molecule has 6 rings (SSSR count). The van der Waals surface area contributed by atoms with Crippen LogP contribution in [0.5, 0.6) is 0 Å². The minimum Gasteiger partial charge on any atom is -0.355 e. The van der Waals surface area contributed by atoms with E-state index < -0.39 is 0 Å². The Balaban J connectivity index is 1.36. The number of hydrogen-bond donors (Lipinski definition) is 1. The number of halogens is 2. The van der Waals surface area contributed by atoms with Gasteiger partial charge in [0.1, 0.15) is 12.2 Å². The van der Waals surface area contributed by atoms with Crippen LogP contribution in [0.4, 0.5) is 4.39 Å². The highest BCUT2D eigenvalue weighted by Crippen LogP contribution is 2.53. The van der Waals surface area contributed by atoms with Crippen molar-refractivity contribution in [2.45, 2.75) is 51.0 Å². The number of aryl methyl sites for hydroxylation is 1. The third-order valence-corrected chi connectivity index (χ3v) is 8.83. The van der Waals surface area contributed by atoms with E-state index in [2.05, 4.69) is 45.2 Å². The second-order valence-corrected chi connectivity index (χ2v) is 11.8. The van der Waals surface area contributed by atoms with Crippen molar-refractivity contribution in [2.24, 2.45) is 18.9 Å². The predicted octanol–water partition coefficient (Wildman–Crippen LogP) is 6.60. The number of nitriles is 1. The van der Waals surface area contributed by atoms with Gasteiger partial charge in [-0.15, -0.1) is 10.2 Å². The zero-order chi connectivity index (χ0) is 26.4. The van der Waals surface area contributed by atoms with Crippen LogP contribution in [0.25, 0.3) is 22.0 Å². The summed E-state index contributed by atoms with van der Waals surface area (Å²) in [6.07, 6.45) is 6.32. The lowest BCUT2D eigenvalue weighted by molar-refractivity contribution is 0.172. The molecule has 1 N–H and O–H groups in total. The van der Waals surface area contributed by atoms with Gasteiger partial charge in [-0.05, 0) is 67.3 Å². The van der Waals surface area contributed by atoms with Gasteiger partial charge in [0.05, 0.1) is 22.0 Å². The van der Waals surface area contributed by atoms with Crippen molar-refractivity contribution in [3.8, 4) is 17.2 Å². The fourth-order valence-corrected chi connectivity index (χ4v) is 6.95. The zero-order valence-electron chi connectivity index (χ0n) is 21.8. The first kappa shape index (κ1) is 25.1. The van der Waals surface area contributed by atoms with Crippen LogP contribution in [0.15, 0.2) is 42.7 Å². The van der Waals surface area contributed by atoms with Crippen molar-refractivity contribution in [3.05, 3.63) is 70.6 Å². The van der Waals surface area contributed by atoms with Crippen LogP contribution in [-0.2, 0) is 19.0 Å². The number of likely N-dealkylation sites (tertiary alicyclic amines) is 1. The number of nitrogens with one attached hydrogen (secondary N) is 1. The van der Waals surface area contributed by atoms with E-state index in [-0.39, 0.29) is 11.2 Å². The van der Waals surface area contributed by atoms with Crippen molar-refractivity contribution in [2.75, 3.05) is 13.1 Å². The second-order valence-electron chi connectivity index (χ2n) is 11.4. The first-order valence-corrected chi connectivity index (χ1v) is 13.8. The van der Waals surface area contributed by atoms with Gasteiger partial charge in [0, 0.05) is 43.2 Å². The molecular weight excluding hydrogens is 499 g/mol. The first-order valence-electron chi connectivity index (χ1n) is 13.4. The largest absolute Gasteiger partial charge is 0.355 e. The SMILES string of the molecule is C[C@H]1CCCN(Cc2cc3c(Cl)cc(-c4cccc(C5(c6nncn6C)CC(CC#N)C5)c4)c(F)c3[nH]2)C1. The molecule has 0 amide bonds. The fraction of sp³-hybridized carbons (Fsp3) is 0.433. The molecular formula is C30H32ClFN6. The first-order chi connectivity index (χ1) is 18.4. The van der Waals surface area contributed by atoms with Crippen LogP contribution in [0, 0.1) is 29.0 Å². The molecule has 196 valence electrons. The second kappa shape index (κ2) is 9.83. The molecule has 6 nitrogen and oxygen atoms in total. The Morgan fingerprint density at radius 1 is 1.26 bits per heavy atom. The molecule has 1 saturated heterocycles. The van der Waals surface area contributed by atoms with Gasteiger partial charge in [0.15, 0.2) is 5.82 Å². The molecule has 1 aliphatic carbocycles. The maximum atomic E-state index is 16.0. The Morgan fingerprint density at radius 2 is 2.11 bits per heavy atom. The van der Waals surface area contributed by atoms with E-state index in [1.165, 1.54) is 12.8 Å². The lowest BCUT2D eigenvalue weighted by Gasteiger charge is -2.46. The average Bonchev–Trinajstić information content (AvgIpc) is 3.50. The summed E-state index contributed by atoms with van der Waals surface area (Å²) in [6.45, 7) is 5.18. The van der Waals surface area contributed by atoms with Gasteiger partial charge < -0.3 is 9.55 Å². The Morgan fingerprint density at radius 3 is 2.84 bits per heavy atom. The van der Waals surface area contributed by atoms with Crippen LogP contribution >= 0.6 is 11.6 Å². The quantitative estimate of drug-likeness (QED) is 0.305. The molecule has 0 bridgehead atoms. The Labute approximate surface area is 227 Å². The van der Waals surface area contributed by atoms with Gasteiger partial charge in [-0.3, -0.25) is 4.90 Å². The number of hydrogen-bond acceptors (Lipinski definition) is 4. The summed E-state index contributed by atoms with van der Waals surface area (Å²) in [6, 6.07) is 14.1. The highest BCUT2D eigenvalue weighted by atomic mass is 35.5. The van der Waals surface area contributed by atoms with E-state index in [1.54, 1.807) is 12.4 Å². The van der Waals surface area contributed by atoms with Crippen LogP contribution in [0.2, 0.25) is 5.02 Å². The summed E-state index contributed by atoms with van der Waals surface area (Å²) in [5.41, 5.74) is 3.40. The van der Waals surface area contributed by atoms with Crippen LogP contribution in [0.1, 0.15) is 56.1 Å². The fourth-order valence-electron chi connectivity index (χ4n) is 6.69. The summed E-state index contributed by atoms with van der Waals surface area (Å²) in [7, 11) is 1.94. The molecule has 0 spiro atoms. The van der Waals surface area contributed by atoms with Gasteiger partial charge in [-0.1, -0.05) is 42.8 Å². The van der Waals surface area contributed by atoms with Crippen molar-refractivity contribution in [1.82, 2.24) is 24.6 Å². The Hall–Kier alpha value is -3.21. The van der Waals surface area contributed by atoms with Crippen molar-refractivity contribution < 1.29 is 4.39 Å². The minimum atomic E-state index is -0.349. The summed E-state index contributed by atoms with van der Waals surface area (Å²) >= 11 is 6.73. The van der Waals surface area contributed by atoms with E-state index in [0.29, 0.717) is 34.4 Å². The van der Waals surface area contributed by atoms with Crippen molar-refractivity contribution >= 4 is 22.5 Å². The van der Waals surface area contributed by atoms with Crippen LogP contribution in [-0.4, -0.2) is 37.7 Å². The molecule has 2 aromatic heterocycles. The molecule has 4 aromatic rings. The number of rotatable bonds is 6. The molecule has 0 radical (unpaired) electrons. The topological polar surface area (TPSA) is 73.5 Å². The maximum absolute atomic E-state index is 16.0. The smallest absolute Gasteiger partial charge is 0.155 e. The molecule has 8 heteroatoms. The lowest BCUT2D eigenvalue weighted by Crippen LogP contribution is -2.44.